The predicted molar refractivity (Wildman–Crippen MR) is 84.3 cm³/mol. The van der Waals surface area contributed by atoms with Gasteiger partial charge < -0.3 is 4.74 Å². The number of carbonyl (C=O) groups is 1. The largest absolute Gasteiger partial charge is 0.369 e. The molecule has 1 unspecified atom stereocenters. The average Bonchev–Trinajstić information content (AvgIpc) is 2.56. The maximum Gasteiger partial charge on any atom is 0.149 e. The summed E-state index contributed by atoms with van der Waals surface area (Å²) in [6.45, 7) is 10.3. The molecule has 0 bridgehead atoms. The zero-order chi connectivity index (χ0) is 15.0. The van der Waals surface area contributed by atoms with Gasteiger partial charge in [0.25, 0.3) is 0 Å². The van der Waals surface area contributed by atoms with Crippen LogP contribution in [-0.2, 0) is 9.53 Å². The zero-order valence-electron chi connectivity index (χ0n) is 13.0. The van der Waals surface area contributed by atoms with Crippen molar-refractivity contribution < 1.29 is 9.53 Å². The molecule has 110 valence electrons. The van der Waals surface area contributed by atoms with Crippen molar-refractivity contribution in [3.05, 3.63) is 29.8 Å². The highest BCUT2D eigenvalue weighted by Crippen LogP contribution is 2.42. The van der Waals surface area contributed by atoms with Crippen LogP contribution in [-0.4, -0.2) is 22.7 Å². The number of Topliss-reactive ketones (excluding diaryl/α,β-unsaturated/α-hetero) is 1. The number of ketones is 1. The summed E-state index contributed by atoms with van der Waals surface area (Å²) < 4.78 is 6.01. The molecule has 1 aliphatic heterocycles. The lowest BCUT2D eigenvalue weighted by Gasteiger charge is -2.26. The number of hydrogen-bond acceptors (Lipinski definition) is 3. The molecule has 1 saturated heterocycles. The minimum absolute atomic E-state index is 0.00421. The highest BCUT2D eigenvalue weighted by Gasteiger charge is 2.48. The van der Waals surface area contributed by atoms with Crippen LogP contribution in [0.15, 0.2) is 29.2 Å². The predicted octanol–water partition coefficient (Wildman–Crippen LogP) is 4.25. The number of benzene rings is 1. The molecule has 2 rings (SSSR count). The molecule has 1 aromatic rings. The van der Waals surface area contributed by atoms with Crippen molar-refractivity contribution in [2.24, 2.45) is 5.92 Å². The number of carbonyl (C=O) groups excluding carboxylic acids is 1. The van der Waals surface area contributed by atoms with Crippen molar-refractivity contribution in [1.29, 1.82) is 0 Å². The Morgan fingerprint density at radius 2 is 1.85 bits per heavy atom. The Hall–Kier alpha value is -0.800. The SMILES string of the molecule is Cc1ccc(SCC(=O)C2CC(C)(C)OC2(C)C)cc1. The second-order valence-corrected chi connectivity index (χ2v) is 7.84. The third-order valence-electron chi connectivity index (χ3n) is 3.86. The zero-order valence-corrected chi connectivity index (χ0v) is 13.8. The lowest BCUT2D eigenvalue weighted by Crippen LogP contribution is -2.34. The van der Waals surface area contributed by atoms with Gasteiger partial charge >= 0.3 is 0 Å². The first-order valence-electron chi connectivity index (χ1n) is 7.12. The standard InChI is InChI=1S/C17H24O2S/c1-12-6-8-13(9-7-12)20-11-15(18)14-10-16(2,3)19-17(14,4)5/h6-9,14H,10-11H2,1-5H3. The van der Waals surface area contributed by atoms with Gasteiger partial charge in [0, 0.05) is 10.8 Å². The maximum atomic E-state index is 12.5. The number of rotatable bonds is 4. The van der Waals surface area contributed by atoms with Crippen LogP contribution in [0.3, 0.4) is 0 Å². The summed E-state index contributed by atoms with van der Waals surface area (Å²) in [6.07, 6.45) is 0.813. The van der Waals surface area contributed by atoms with Crippen molar-refractivity contribution in [2.45, 2.75) is 57.1 Å². The summed E-state index contributed by atoms with van der Waals surface area (Å²) in [4.78, 5) is 13.6. The van der Waals surface area contributed by atoms with E-state index in [1.165, 1.54) is 5.56 Å². The Bertz CT molecular complexity index is 488. The van der Waals surface area contributed by atoms with Crippen LogP contribution >= 0.6 is 11.8 Å². The van der Waals surface area contributed by atoms with E-state index in [1.807, 2.05) is 13.8 Å². The van der Waals surface area contributed by atoms with Crippen LogP contribution in [0.1, 0.15) is 39.7 Å². The van der Waals surface area contributed by atoms with Crippen molar-refractivity contribution in [3.63, 3.8) is 0 Å². The summed E-state index contributed by atoms with van der Waals surface area (Å²) >= 11 is 1.62. The van der Waals surface area contributed by atoms with Crippen LogP contribution in [0.25, 0.3) is 0 Å². The molecule has 1 aliphatic rings. The van der Waals surface area contributed by atoms with E-state index in [0.717, 1.165) is 11.3 Å². The molecule has 0 saturated carbocycles. The van der Waals surface area contributed by atoms with E-state index < -0.39 is 0 Å². The number of ether oxygens (including phenoxy) is 1. The second kappa shape index (κ2) is 5.53. The van der Waals surface area contributed by atoms with Gasteiger partial charge in [-0.1, -0.05) is 17.7 Å². The third kappa shape index (κ3) is 3.64. The summed E-state index contributed by atoms with van der Waals surface area (Å²) in [5.41, 5.74) is 0.694. The van der Waals surface area contributed by atoms with E-state index in [2.05, 4.69) is 45.0 Å². The van der Waals surface area contributed by atoms with Crippen LogP contribution in [0, 0.1) is 12.8 Å². The van der Waals surface area contributed by atoms with Crippen LogP contribution < -0.4 is 0 Å². The summed E-state index contributed by atoms with van der Waals surface area (Å²) in [6, 6.07) is 8.32. The first kappa shape index (κ1) is 15.6. The minimum Gasteiger partial charge on any atom is -0.369 e. The fourth-order valence-corrected chi connectivity index (χ4v) is 3.79. The molecule has 0 aliphatic carbocycles. The highest BCUT2D eigenvalue weighted by molar-refractivity contribution is 8.00. The summed E-state index contributed by atoms with van der Waals surface area (Å²) in [5.74, 6) is 0.818. The van der Waals surface area contributed by atoms with E-state index in [4.69, 9.17) is 4.74 Å². The number of thioether (sulfide) groups is 1. The minimum atomic E-state index is -0.353. The molecule has 0 spiro atoms. The normalized spacial score (nSPS) is 23.8. The first-order valence-corrected chi connectivity index (χ1v) is 8.10. The van der Waals surface area contributed by atoms with Gasteiger partial charge in [0.1, 0.15) is 5.78 Å². The second-order valence-electron chi connectivity index (χ2n) is 6.79. The Labute approximate surface area is 126 Å². The van der Waals surface area contributed by atoms with Crippen LogP contribution in [0.2, 0.25) is 0 Å². The fraction of sp³-hybridized carbons (Fsp3) is 0.588. The van der Waals surface area contributed by atoms with Crippen LogP contribution in [0.4, 0.5) is 0 Å². The smallest absolute Gasteiger partial charge is 0.149 e. The van der Waals surface area contributed by atoms with Gasteiger partial charge in [-0.25, -0.2) is 0 Å². The fourth-order valence-electron chi connectivity index (χ4n) is 2.95. The van der Waals surface area contributed by atoms with Gasteiger partial charge in [-0.3, -0.25) is 4.79 Å². The van der Waals surface area contributed by atoms with E-state index in [1.54, 1.807) is 11.8 Å². The van der Waals surface area contributed by atoms with Gasteiger partial charge in [-0.2, -0.15) is 0 Å². The van der Waals surface area contributed by atoms with E-state index in [-0.39, 0.29) is 17.1 Å². The van der Waals surface area contributed by atoms with E-state index in [9.17, 15) is 4.79 Å². The van der Waals surface area contributed by atoms with Crippen LogP contribution in [0.5, 0.6) is 0 Å². The quantitative estimate of drug-likeness (QED) is 0.776. The molecule has 0 amide bonds. The maximum absolute atomic E-state index is 12.5. The molecule has 2 nitrogen and oxygen atoms in total. The molecule has 1 aromatic carbocycles. The molecule has 0 aromatic heterocycles. The molecular formula is C17H24O2S. The highest BCUT2D eigenvalue weighted by atomic mass is 32.2. The Kier molecular flexibility index (Phi) is 4.31. The van der Waals surface area contributed by atoms with Crippen molar-refractivity contribution in [2.75, 3.05) is 5.75 Å². The lowest BCUT2D eigenvalue weighted by molar-refractivity contribution is -0.126. The molecule has 0 N–H and O–H groups in total. The topological polar surface area (TPSA) is 26.3 Å². The van der Waals surface area contributed by atoms with Gasteiger partial charge in [0.2, 0.25) is 0 Å². The summed E-state index contributed by atoms with van der Waals surface area (Å²) in [7, 11) is 0. The van der Waals surface area contributed by atoms with Crippen molar-refractivity contribution >= 4 is 17.5 Å². The Balaban J connectivity index is 1.97. The molecule has 1 heterocycles. The lowest BCUT2D eigenvalue weighted by atomic mass is 9.84. The molecular weight excluding hydrogens is 268 g/mol. The van der Waals surface area contributed by atoms with Crippen molar-refractivity contribution in [1.82, 2.24) is 0 Å². The van der Waals surface area contributed by atoms with Gasteiger partial charge in [-0.15, -0.1) is 11.8 Å². The van der Waals surface area contributed by atoms with E-state index >= 15 is 0 Å². The molecule has 1 atom stereocenters. The van der Waals surface area contributed by atoms with Crippen molar-refractivity contribution in [3.8, 4) is 0 Å². The number of hydrogen-bond donors (Lipinski definition) is 0. The molecule has 20 heavy (non-hydrogen) atoms. The number of aryl methyl sites for hydroxylation is 1. The molecule has 3 heteroatoms. The average molecular weight is 292 g/mol. The molecule has 1 fully saturated rings. The summed E-state index contributed by atoms with van der Waals surface area (Å²) in [5, 5.41) is 0. The first-order chi connectivity index (χ1) is 9.20. The Morgan fingerprint density at radius 3 is 2.35 bits per heavy atom. The monoisotopic (exact) mass is 292 g/mol. The van der Waals surface area contributed by atoms with Gasteiger partial charge in [0.05, 0.1) is 17.0 Å². The van der Waals surface area contributed by atoms with Gasteiger partial charge in [-0.05, 0) is 53.2 Å². The third-order valence-corrected chi connectivity index (χ3v) is 4.90. The van der Waals surface area contributed by atoms with Gasteiger partial charge in [0.15, 0.2) is 0 Å². The Morgan fingerprint density at radius 1 is 1.25 bits per heavy atom. The molecule has 0 radical (unpaired) electrons. The van der Waals surface area contributed by atoms with E-state index in [0.29, 0.717) is 11.5 Å².